The van der Waals surface area contributed by atoms with Crippen molar-refractivity contribution in [1.29, 1.82) is 0 Å². The van der Waals surface area contributed by atoms with Crippen molar-refractivity contribution < 1.29 is 18.3 Å². The van der Waals surface area contributed by atoms with Crippen LogP contribution in [0.4, 0.5) is 5.69 Å². The van der Waals surface area contributed by atoms with Gasteiger partial charge in [0.05, 0.1) is 21.8 Å². The number of halogens is 1. The highest BCUT2D eigenvalue weighted by Gasteiger charge is 2.16. The van der Waals surface area contributed by atoms with Gasteiger partial charge in [-0.2, -0.15) is 0 Å². The van der Waals surface area contributed by atoms with E-state index in [1.807, 2.05) is 0 Å². The monoisotopic (exact) mass is 326 g/mol. The summed E-state index contributed by atoms with van der Waals surface area (Å²) in [5.41, 5.74) is 0.758. The third-order valence-electron chi connectivity index (χ3n) is 2.71. The van der Waals surface area contributed by atoms with Crippen LogP contribution >= 0.6 is 11.6 Å². The van der Waals surface area contributed by atoms with Crippen molar-refractivity contribution in [2.75, 3.05) is 4.72 Å². The number of nitrogens with zero attached hydrogens (tertiary/aromatic N) is 1. The van der Waals surface area contributed by atoms with Gasteiger partial charge in [-0.15, -0.1) is 0 Å². The predicted octanol–water partition coefficient (Wildman–Crippen LogP) is 2.54. The number of hydrogen-bond acceptors (Lipinski definition) is 4. The molecule has 0 saturated heterocycles. The molecule has 2 N–H and O–H groups in total. The van der Waals surface area contributed by atoms with E-state index in [4.69, 9.17) is 16.7 Å². The Bertz CT molecular complexity index is 788. The van der Waals surface area contributed by atoms with Gasteiger partial charge in [0.1, 0.15) is 5.15 Å². The third-order valence-corrected chi connectivity index (χ3v) is 4.30. The molecular weight excluding hydrogens is 316 g/mol. The van der Waals surface area contributed by atoms with E-state index in [9.17, 15) is 13.2 Å². The second kappa shape index (κ2) is 5.71. The molecule has 0 radical (unpaired) electrons. The Kier molecular flexibility index (Phi) is 4.15. The van der Waals surface area contributed by atoms with Crippen LogP contribution in [0, 0.1) is 6.92 Å². The summed E-state index contributed by atoms with van der Waals surface area (Å²) < 4.78 is 26.8. The van der Waals surface area contributed by atoms with Crippen LogP contribution < -0.4 is 4.72 Å². The summed E-state index contributed by atoms with van der Waals surface area (Å²) in [6.45, 7) is 1.62. The van der Waals surface area contributed by atoms with Crippen LogP contribution in [0.1, 0.15) is 16.1 Å². The quantitative estimate of drug-likeness (QED) is 0.842. The lowest BCUT2D eigenvalue weighted by Gasteiger charge is -2.10. The van der Waals surface area contributed by atoms with E-state index in [0.29, 0.717) is 11.4 Å². The van der Waals surface area contributed by atoms with E-state index < -0.39 is 16.0 Å². The fourth-order valence-electron chi connectivity index (χ4n) is 1.62. The first-order valence-corrected chi connectivity index (χ1v) is 7.65. The molecule has 0 saturated carbocycles. The predicted molar refractivity (Wildman–Crippen MR) is 78.2 cm³/mol. The summed E-state index contributed by atoms with van der Waals surface area (Å²) in [6, 6.07) is 7.89. The maximum Gasteiger partial charge on any atom is 0.335 e. The molecule has 2 rings (SSSR count). The van der Waals surface area contributed by atoms with E-state index in [1.165, 1.54) is 36.4 Å². The number of sulfonamides is 1. The van der Waals surface area contributed by atoms with Crippen molar-refractivity contribution in [3.8, 4) is 0 Å². The van der Waals surface area contributed by atoms with Crippen molar-refractivity contribution in [3.63, 3.8) is 0 Å². The molecular formula is C13H11ClN2O4S. The molecule has 0 spiro atoms. The number of aromatic carboxylic acids is 1. The van der Waals surface area contributed by atoms with Crippen LogP contribution in [0.2, 0.25) is 5.15 Å². The van der Waals surface area contributed by atoms with Crippen LogP contribution in [-0.2, 0) is 10.0 Å². The Morgan fingerprint density at radius 1 is 1.19 bits per heavy atom. The Labute approximate surface area is 126 Å². The van der Waals surface area contributed by atoms with Gasteiger partial charge in [0.25, 0.3) is 10.0 Å². The number of pyridine rings is 1. The normalized spacial score (nSPS) is 11.1. The van der Waals surface area contributed by atoms with Crippen LogP contribution in [0.5, 0.6) is 0 Å². The smallest absolute Gasteiger partial charge is 0.335 e. The Morgan fingerprint density at radius 3 is 2.33 bits per heavy atom. The first kappa shape index (κ1) is 15.3. The molecule has 0 atom stereocenters. The van der Waals surface area contributed by atoms with E-state index in [-0.39, 0.29) is 15.6 Å². The first-order chi connectivity index (χ1) is 9.79. The zero-order chi connectivity index (χ0) is 15.6. The Balaban J connectivity index is 2.31. The highest BCUT2D eigenvalue weighted by atomic mass is 35.5. The van der Waals surface area contributed by atoms with E-state index >= 15 is 0 Å². The minimum Gasteiger partial charge on any atom is -0.478 e. The number of carboxylic acid groups (broad SMARTS) is 1. The SMILES string of the molecule is Cc1nc(Cl)ccc1NS(=O)(=O)c1ccc(C(=O)O)cc1. The molecule has 110 valence electrons. The summed E-state index contributed by atoms with van der Waals surface area (Å²) >= 11 is 5.71. The number of nitrogens with one attached hydrogen (secondary N) is 1. The van der Waals surface area contributed by atoms with Gasteiger partial charge in [0.2, 0.25) is 0 Å². The van der Waals surface area contributed by atoms with Crippen LogP contribution in [0.25, 0.3) is 0 Å². The van der Waals surface area contributed by atoms with Crippen LogP contribution in [0.15, 0.2) is 41.3 Å². The molecule has 0 aliphatic carbocycles. The van der Waals surface area contributed by atoms with Crippen molar-refractivity contribution >= 4 is 33.3 Å². The lowest BCUT2D eigenvalue weighted by molar-refractivity contribution is 0.0696. The molecule has 1 heterocycles. The molecule has 1 aromatic heterocycles. The Hall–Kier alpha value is -2.12. The standard InChI is InChI=1S/C13H11ClN2O4S/c1-8-11(6-7-12(14)15-8)16-21(19,20)10-4-2-9(3-5-10)13(17)18/h2-7,16H,1H3,(H,17,18). The summed E-state index contributed by atoms with van der Waals surface area (Å²) in [7, 11) is -3.82. The fraction of sp³-hybridized carbons (Fsp3) is 0.0769. The van der Waals surface area contributed by atoms with Crippen molar-refractivity contribution in [3.05, 3.63) is 52.8 Å². The van der Waals surface area contributed by atoms with Crippen molar-refractivity contribution in [2.45, 2.75) is 11.8 Å². The summed E-state index contributed by atoms with van der Waals surface area (Å²) in [4.78, 5) is 14.7. The highest BCUT2D eigenvalue weighted by Crippen LogP contribution is 2.20. The van der Waals surface area contributed by atoms with Gasteiger partial charge in [-0.1, -0.05) is 11.6 Å². The van der Waals surface area contributed by atoms with Gasteiger partial charge in [0.15, 0.2) is 0 Å². The number of anilines is 1. The van der Waals surface area contributed by atoms with Gasteiger partial charge < -0.3 is 5.11 Å². The largest absolute Gasteiger partial charge is 0.478 e. The second-order valence-electron chi connectivity index (χ2n) is 4.20. The molecule has 0 amide bonds. The molecule has 0 fully saturated rings. The molecule has 0 aliphatic rings. The van der Waals surface area contributed by atoms with Gasteiger partial charge in [-0.25, -0.2) is 18.2 Å². The fourth-order valence-corrected chi connectivity index (χ4v) is 2.93. The molecule has 6 nitrogen and oxygen atoms in total. The van der Waals surface area contributed by atoms with E-state index in [2.05, 4.69) is 9.71 Å². The summed E-state index contributed by atoms with van der Waals surface area (Å²) in [5, 5.41) is 9.06. The van der Waals surface area contributed by atoms with Gasteiger partial charge in [-0.05, 0) is 43.3 Å². The number of hydrogen-bond donors (Lipinski definition) is 2. The number of rotatable bonds is 4. The van der Waals surface area contributed by atoms with E-state index in [1.54, 1.807) is 6.92 Å². The van der Waals surface area contributed by atoms with Gasteiger partial charge in [0, 0.05) is 0 Å². The zero-order valence-corrected chi connectivity index (χ0v) is 12.4. The average Bonchev–Trinajstić information content (AvgIpc) is 2.42. The number of carbonyl (C=O) groups is 1. The van der Waals surface area contributed by atoms with E-state index in [0.717, 1.165) is 0 Å². The zero-order valence-electron chi connectivity index (χ0n) is 10.9. The minimum atomic E-state index is -3.82. The lowest BCUT2D eigenvalue weighted by atomic mass is 10.2. The number of aryl methyl sites for hydroxylation is 1. The molecule has 1 aromatic carbocycles. The van der Waals surface area contributed by atoms with Crippen molar-refractivity contribution in [2.24, 2.45) is 0 Å². The minimum absolute atomic E-state index is 0.0123. The topological polar surface area (TPSA) is 96.4 Å². The molecule has 0 bridgehead atoms. The number of aromatic nitrogens is 1. The third kappa shape index (κ3) is 3.50. The number of carboxylic acids is 1. The molecule has 0 unspecified atom stereocenters. The molecule has 2 aromatic rings. The first-order valence-electron chi connectivity index (χ1n) is 5.79. The highest BCUT2D eigenvalue weighted by molar-refractivity contribution is 7.92. The van der Waals surface area contributed by atoms with Crippen LogP contribution in [-0.4, -0.2) is 24.5 Å². The lowest BCUT2D eigenvalue weighted by Crippen LogP contribution is -2.14. The summed E-state index contributed by atoms with van der Waals surface area (Å²) in [5.74, 6) is -1.12. The van der Waals surface area contributed by atoms with Gasteiger partial charge >= 0.3 is 5.97 Å². The molecule has 21 heavy (non-hydrogen) atoms. The second-order valence-corrected chi connectivity index (χ2v) is 6.27. The Morgan fingerprint density at radius 2 is 1.81 bits per heavy atom. The number of benzene rings is 1. The van der Waals surface area contributed by atoms with Gasteiger partial charge in [-0.3, -0.25) is 4.72 Å². The summed E-state index contributed by atoms with van der Waals surface area (Å²) in [6.07, 6.45) is 0. The molecule has 0 aliphatic heterocycles. The van der Waals surface area contributed by atoms with Crippen molar-refractivity contribution in [1.82, 2.24) is 4.98 Å². The molecule has 8 heteroatoms. The average molecular weight is 327 g/mol. The van der Waals surface area contributed by atoms with Crippen LogP contribution in [0.3, 0.4) is 0 Å². The maximum atomic E-state index is 12.2. The maximum absolute atomic E-state index is 12.2.